The van der Waals surface area contributed by atoms with Crippen molar-refractivity contribution in [1.82, 2.24) is 0 Å². The second-order valence-corrected chi connectivity index (χ2v) is 5.61. The first-order chi connectivity index (χ1) is 5.55. The highest BCUT2D eigenvalue weighted by atomic mass is 127. The van der Waals surface area contributed by atoms with Crippen LogP contribution < -0.4 is 3.69 Å². The molecule has 0 aliphatic heterocycles. The van der Waals surface area contributed by atoms with Crippen molar-refractivity contribution in [3.05, 3.63) is 29.8 Å². The van der Waals surface area contributed by atoms with E-state index >= 15 is 0 Å². The molecule has 62 valence electrons. The van der Waals surface area contributed by atoms with Crippen molar-refractivity contribution in [2.75, 3.05) is 0 Å². The van der Waals surface area contributed by atoms with Crippen LogP contribution in [0.4, 0.5) is 13.2 Å². The highest BCUT2D eigenvalue weighted by Gasteiger charge is 2.31. The molecule has 1 aromatic carbocycles. The van der Waals surface area contributed by atoms with Crippen molar-refractivity contribution < 1.29 is 13.2 Å². The lowest BCUT2D eigenvalue weighted by atomic mass is 10.2. The van der Waals surface area contributed by atoms with Crippen molar-refractivity contribution in [2.24, 2.45) is 0 Å². The Labute approximate surface area is 87.6 Å². The van der Waals surface area contributed by atoms with E-state index < -0.39 is 28.2 Å². The van der Waals surface area contributed by atoms with Crippen molar-refractivity contribution in [3.8, 4) is 0 Å². The highest BCUT2D eigenvalue weighted by molar-refractivity contribution is 14.1. The largest absolute Gasteiger partial charge is 0.503 e. The van der Waals surface area contributed by atoms with Crippen LogP contribution in [0.15, 0.2) is 24.3 Å². The quantitative estimate of drug-likeness (QED) is 0.551. The normalized spacial score (nSPS) is 11.0. The van der Waals surface area contributed by atoms with Crippen LogP contribution in [0.25, 0.3) is 0 Å². The molecule has 12 heavy (non-hydrogen) atoms. The van der Waals surface area contributed by atoms with E-state index in [9.17, 15) is 13.2 Å². The van der Waals surface area contributed by atoms with Crippen LogP contribution in [0.5, 0.6) is 0 Å². The summed E-state index contributed by atoms with van der Waals surface area (Å²) in [5, 5.41) is 0. The molecule has 0 heterocycles. The molecule has 0 aliphatic carbocycles. The lowest BCUT2D eigenvalue weighted by Crippen LogP contribution is -2.22. The van der Waals surface area contributed by atoms with Gasteiger partial charge in [0.2, 0.25) is 0 Å². The SMILES string of the molecule is FC(F)(F)c1cccc[c]1[Mg][I]. The molecule has 0 atom stereocenters. The van der Waals surface area contributed by atoms with E-state index in [0.29, 0.717) is 3.69 Å². The predicted molar refractivity (Wildman–Crippen MR) is 50.9 cm³/mol. The van der Waals surface area contributed by atoms with E-state index in [2.05, 4.69) is 18.9 Å². The minimum absolute atomic E-state index is 0.467. The molecule has 0 amide bonds. The summed E-state index contributed by atoms with van der Waals surface area (Å²) in [5.41, 5.74) is -0.467. The maximum atomic E-state index is 12.3. The molecule has 0 bridgehead atoms. The van der Waals surface area contributed by atoms with E-state index in [4.69, 9.17) is 0 Å². The third kappa shape index (κ3) is 2.50. The molecule has 0 saturated heterocycles. The topological polar surface area (TPSA) is 0 Å². The molecule has 0 saturated carbocycles. The smallest absolute Gasteiger partial charge is 0.291 e. The number of alkyl halides is 3. The minimum atomic E-state index is -4.19. The van der Waals surface area contributed by atoms with Gasteiger partial charge in [-0.05, 0) is 0 Å². The minimum Gasteiger partial charge on any atom is -0.291 e. The molecule has 1 aromatic rings. The zero-order valence-corrected chi connectivity index (χ0v) is 9.60. The summed E-state index contributed by atoms with van der Waals surface area (Å²) in [4.78, 5) is 0. The van der Waals surface area contributed by atoms with E-state index in [1.807, 2.05) is 0 Å². The molecule has 0 aromatic heterocycles. The van der Waals surface area contributed by atoms with Gasteiger partial charge in [-0.2, -0.15) is 13.2 Å². The van der Waals surface area contributed by atoms with Crippen LogP contribution >= 0.6 is 18.9 Å². The fraction of sp³-hybridized carbons (Fsp3) is 0.143. The molecule has 1 rings (SSSR count). The lowest BCUT2D eigenvalue weighted by Gasteiger charge is -2.10. The van der Waals surface area contributed by atoms with Gasteiger partial charge in [0.05, 0.1) is 0 Å². The fourth-order valence-electron chi connectivity index (χ4n) is 0.913. The Hall–Kier alpha value is 0.506. The molecular formula is C7H4F3IMg. The van der Waals surface area contributed by atoms with Crippen LogP contribution in [-0.2, 0) is 6.18 Å². The van der Waals surface area contributed by atoms with Crippen LogP contribution in [0.1, 0.15) is 5.56 Å². The maximum absolute atomic E-state index is 12.3. The first-order valence-electron chi connectivity index (χ1n) is 3.27. The summed E-state index contributed by atoms with van der Waals surface area (Å²) in [6.07, 6.45) is -4.19. The maximum Gasteiger partial charge on any atom is 0.503 e. The van der Waals surface area contributed by atoms with Crippen molar-refractivity contribution in [1.29, 1.82) is 0 Å². The number of rotatable bonds is 1. The van der Waals surface area contributed by atoms with Gasteiger partial charge in [0.25, 0.3) is 0 Å². The second kappa shape index (κ2) is 4.14. The van der Waals surface area contributed by atoms with Crippen molar-refractivity contribution in [3.63, 3.8) is 0 Å². The average Bonchev–Trinajstić information content (AvgIpc) is 2.03. The van der Waals surface area contributed by atoms with Gasteiger partial charge in [-0.3, -0.25) is 18.9 Å². The van der Waals surface area contributed by atoms with Gasteiger partial charge >= 0.3 is 22.7 Å². The first kappa shape index (κ1) is 10.6. The third-order valence-electron chi connectivity index (χ3n) is 1.47. The Morgan fingerprint density at radius 2 is 1.75 bits per heavy atom. The van der Waals surface area contributed by atoms with Gasteiger partial charge in [0.1, 0.15) is 0 Å². The van der Waals surface area contributed by atoms with Gasteiger partial charge in [-0.15, -0.1) is 3.69 Å². The summed E-state index contributed by atoms with van der Waals surface area (Å²) >= 11 is 1.29. The number of hydrogen-bond donors (Lipinski definition) is 0. The lowest BCUT2D eigenvalue weighted by molar-refractivity contribution is -0.136. The van der Waals surface area contributed by atoms with Gasteiger partial charge in [-0.25, -0.2) is 0 Å². The highest BCUT2D eigenvalue weighted by Crippen LogP contribution is 2.27. The molecule has 0 fully saturated rings. The van der Waals surface area contributed by atoms with Crippen LogP contribution in [0.2, 0.25) is 0 Å². The first-order valence-corrected chi connectivity index (χ1v) is 9.08. The zero-order valence-electron chi connectivity index (χ0n) is 6.03. The summed E-state index contributed by atoms with van der Waals surface area (Å²) < 4.78 is 37.2. The van der Waals surface area contributed by atoms with E-state index in [0.717, 1.165) is 6.07 Å². The molecular weight excluding hydrogens is 292 g/mol. The van der Waals surface area contributed by atoms with E-state index in [1.54, 1.807) is 12.1 Å². The van der Waals surface area contributed by atoms with Gasteiger partial charge in [0.15, 0.2) is 0 Å². The van der Waals surface area contributed by atoms with E-state index in [-0.39, 0.29) is 0 Å². The molecule has 0 radical (unpaired) electrons. The molecule has 0 nitrogen and oxygen atoms in total. The molecule has 0 unspecified atom stereocenters. The van der Waals surface area contributed by atoms with Crippen LogP contribution in [-0.4, -0.2) is 16.5 Å². The van der Waals surface area contributed by atoms with Crippen molar-refractivity contribution >= 4 is 39.0 Å². The van der Waals surface area contributed by atoms with Gasteiger partial charge < -0.3 is 0 Å². The number of hydrogen-bond acceptors (Lipinski definition) is 0. The standard InChI is InChI=1S/C7H4F3.HI.Mg/c8-7(9,10)6-4-2-1-3-5-6;;/h1-4H;1H;/q;;+1/p-1. The summed E-state index contributed by atoms with van der Waals surface area (Å²) in [6, 6.07) is 5.77. The zero-order chi connectivity index (χ0) is 9.19. The third-order valence-corrected chi connectivity index (χ3v) is 4.84. The second-order valence-electron chi connectivity index (χ2n) is 2.29. The summed E-state index contributed by atoms with van der Waals surface area (Å²) in [5.74, 6) is 0. The summed E-state index contributed by atoms with van der Waals surface area (Å²) in [7, 11) is 0. The Balaban J connectivity index is 3.14. The molecule has 5 heteroatoms. The molecule has 0 spiro atoms. The van der Waals surface area contributed by atoms with Crippen LogP contribution in [0, 0.1) is 0 Å². The van der Waals surface area contributed by atoms with Gasteiger partial charge in [0, 0.05) is 5.56 Å². The Morgan fingerprint density at radius 1 is 1.17 bits per heavy atom. The Morgan fingerprint density at radius 3 is 2.17 bits per heavy atom. The fourth-order valence-corrected chi connectivity index (χ4v) is 3.60. The van der Waals surface area contributed by atoms with Crippen LogP contribution in [0.3, 0.4) is 0 Å². The summed E-state index contributed by atoms with van der Waals surface area (Å²) in [6.45, 7) is 0. The van der Waals surface area contributed by atoms with E-state index in [1.165, 1.54) is 6.07 Å². The predicted octanol–water partition coefficient (Wildman–Crippen LogP) is 2.38. The Kier molecular flexibility index (Phi) is 3.66. The average molecular weight is 296 g/mol. The number of halogens is 4. The number of benzene rings is 1. The van der Waals surface area contributed by atoms with Gasteiger partial charge in [-0.1, -0.05) is 24.3 Å². The monoisotopic (exact) mass is 296 g/mol. The molecule has 0 aliphatic rings. The van der Waals surface area contributed by atoms with Crippen molar-refractivity contribution in [2.45, 2.75) is 6.18 Å². The molecule has 0 N–H and O–H groups in total. The Bertz CT molecular complexity index is 272.